The van der Waals surface area contributed by atoms with Crippen LogP contribution in [-0.2, 0) is 16.0 Å². The summed E-state index contributed by atoms with van der Waals surface area (Å²) in [5, 5.41) is 6.19. The molecule has 0 spiro atoms. The topological polar surface area (TPSA) is 50.4 Å². The number of hydrogen-bond donors (Lipinski definition) is 2. The minimum Gasteiger partial charge on any atom is -0.367 e. The van der Waals surface area contributed by atoms with Crippen LogP contribution in [0.15, 0.2) is 30.3 Å². The largest absolute Gasteiger partial charge is 0.367 e. The fourth-order valence-electron chi connectivity index (χ4n) is 2.10. The maximum atomic E-state index is 12.2. The Morgan fingerprint density at radius 2 is 2.09 bits per heavy atom. The van der Waals surface area contributed by atoms with Gasteiger partial charge in [-0.25, -0.2) is 0 Å². The van der Waals surface area contributed by atoms with Crippen molar-refractivity contribution in [2.45, 2.75) is 32.2 Å². The van der Waals surface area contributed by atoms with Crippen LogP contribution >= 0.6 is 11.8 Å². The number of benzene rings is 1. The Balaban J connectivity index is 2.25. The third-order valence-electron chi connectivity index (χ3n) is 3.35. The molecule has 0 aromatic heterocycles. The minimum atomic E-state index is -0.171. The molecule has 1 aromatic carbocycles. The first-order chi connectivity index (χ1) is 10.8. The van der Waals surface area contributed by atoms with Crippen LogP contribution in [0.25, 0.3) is 0 Å². The molecule has 2 N–H and O–H groups in total. The van der Waals surface area contributed by atoms with Gasteiger partial charge in [0.2, 0.25) is 5.91 Å². The first-order valence-corrected chi connectivity index (χ1v) is 9.29. The Morgan fingerprint density at radius 1 is 1.32 bits per heavy atom. The summed E-state index contributed by atoms with van der Waals surface area (Å²) in [6.45, 7) is 3.73. The minimum absolute atomic E-state index is 0.0711. The van der Waals surface area contributed by atoms with Crippen molar-refractivity contribution in [3.8, 4) is 0 Å². The molecule has 1 amide bonds. The van der Waals surface area contributed by atoms with Gasteiger partial charge in [0, 0.05) is 13.2 Å². The Labute approximate surface area is 138 Å². The van der Waals surface area contributed by atoms with Crippen LogP contribution < -0.4 is 10.6 Å². The van der Waals surface area contributed by atoms with Gasteiger partial charge in [-0.05, 0) is 43.8 Å². The summed E-state index contributed by atoms with van der Waals surface area (Å²) in [7, 11) is 0. The predicted molar refractivity (Wildman–Crippen MR) is 94.2 cm³/mol. The lowest BCUT2D eigenvalue weighted by atomic mass is 10.1. The summed E-state index contributed by atoms with van der Waals surface area (Å²) in [5.74, 6) is 1.03. The Morgan fingerprint density at radius 3 is 2.77 bits per heavy atom. The summed E-state index contributed by atoms with van der Waals surface area (Å²) < 4.78 is 5.28. The van der Waals surface area contributed by atoms with E-state index in [4.69, 9.17) is 4.74 Å². The van der Waals surface area contributed by atoms with E-state index < -0.39 is 0 Å². The van der Waals surface area contributed by atoms with E-state index in [1.54, 1.807) is 11.8 Å². The van der Waals surface area contributed by atoms with Gasteiger partial charge in [-0.2, -0.15) is 11.8 Å². The fourth-order valence-corrected chi connectivity index (χ4v) is 2.57. The van der Waals surface area contributed by atoms with Gasteiger partial charge in [0.05, 0.1) is 12.8 Å². The van der Waals surface area contributed by atoms with E-state index in [1.807, 2.05) is 25.1 Å². The van der Waals surface area contributed by atoms with Gasteiger partial charge in [0.1, 0.15) is 0 Å². The third kappa shape index (κ3) is 8.41. The Bertz CT molecular complexity index is 401. The molecular formula is C17H28N2O2S. The van der Waals surface area contributed by atoms with Gasteiger partial charge in [0.15, 0.2) is 0 Å². The van der Waals surface area contributed by atoms with Crippen LogP contribution in [-0.4, -0.2) is 43.8 Å². The lowest BCUT2D eigenvalue weighted by Crippen LogP contribution is -2.45. The first kappa shape index (κ1) is 19.0. The molecule has 0 bridgehead atoms. The molecule has 4 nitrogen and oxygen atoms in total. The number of amides is 1. The van der Waals surface area contributed by atoms with Gasteiger partial charge < -0.3 is 10.1 Å². The van der Waals surface area contributed by atoms with E-state index in [0.29, 0.717) is 19.9 Å². The van der Waals surface area contributed by atoms with Crippen LogP contribution in [0.3, 0.4) is 0 Å². The lowest BCUT2D eigenvalue weighted by Gasteiger charge is -2.18. The normalized spacial score (nSPS) is 12.1. The first-order valence-electron chi connectivity index (χ1n) is 7.89. The van der Waals surface area contributed by atoms with Crippen molar-refractivity contribution in [2.24, 2.45) is 0 Å². The monoisotopic (exact) mass is 324 g/mol. The maximum absolute atomic E-state index is 12.2. The molecule has 0 fully saturated rings. The van der Waals surface area contributed by atoms with Crippen molar-refractivity contribution in [2.75, 3.05) is 31.9 Å². The molecule has 0 heterocycles. The molecule has 0 aliphatic carbocycles. The summed E-state index contributed by atoms with van der Waals surface area (Å²) >= 11 is 1.75. The molecule has 1 unspecified atom stereocenters. The van der Waals surface area contributed by atoms with E-state index in [2.05, 4.69) is 29.0 Å². The number of ether oxygens (including phenoxy) is 1. The number of carbonyl (C=O) groups excluding carboxylic acids is 1. The van der Waals surface area contributed by atoms with Gasteiger partial charge in [-0.15, -0.1) is 0 Å². The molecule has 22 heavy (non-hydrogen) atoms. The molecule has 0 aliphatic rings. The fraction of sp³-hybridized carbons (Fsp3) is 0.588. The zero-order valence-electron chi connectivity index (χ0n) is 13.6. The highest BCUT2D eigenvalue weighted by molar-refractivity contribution is 7.98. The summed E-state index contributed by atoms with van der Waals surface area (Å²) in [6.07, 6.45) is 4.82. The predicted octanol–water partition coefficient (Wildman–Crippen LogP) is 2.44. The van der Waals surface area contributed by atoms with Crippen molar-refractivity contribution in [1.29, 1.82) is 0 Å². The molecule has 0 radical (unpaired) electrons. The number of thioether (sulfide) groups is 1. The van der Waals surface area contributed by atoms with Gasteiger partial charge in [0.25, 0.3) is 0 Å². The summed E-state index contributed by atoms with van der Waals surface area (Å²) in [6, 6.07) is 10.2. The van der Waals surface area contributed by atoms with E-state index in [0.717, 1.165) is 25.0 Å². The number of rotatable bonds is 12. The van der Waals surface area contributed by atoms with Gasteiger partial charge in [-0.3, -0.25) is 10.1 Å². The van der Waals surface area contributed by atoms with Crippen molar-refractivity contribution in [1.82, 2.24) is 10.6 Å². The molecule has 124 valence electrons. The van der Waals surface area contributed by atoms with E-state index in [-0.39, 0.29) is 11.9 Å². The third-order valence-corrected chi connectivity index (χ3v) is 3.99. The van der Waals surface area contributed by atoms with Crippen molar-refractivity contribution in [3.05, 3.63) is 35.9 Å². The molecule has 0 aliphatic heterocycles. The van der Waals surface area contributed by atoms with Gasteiger partial charge >= 0.3 is 0 Å². The quantitative estimate of drug-likeness (QED) is 0.458. The highest BCUT2D eigenvalue weighted by atomic mass is 32.2. The lowest BCUT2D eigenvalue weighted by molar-refractivity contribution is -0.123. The number of hydrogen-bond acceptors (Lipinski definition) is 4. The van der Waals surface area contributed by atoms with E-state index in [9.17, 15) is 4.79 Å². The second-order valence-electron chi connectivity index (χ2n) is 5.06. The average molecular weight is 324 g/mol. The molecule has 1 atom stereocenters. The van der Waals surface area contributed by atoms with Crippen molar-refractivity contribution in [3.63, 3.8) is 0 Å². The van der Waals surface area contributed by atoms with Crippen LogP contribution in [0.4, 0.5) is 0 Å². The van der Waals surface area contributed by atoms with Gasteiger partial charge in [-0.1, -0.05) is 30.3 Å². The summed E-state index contributed by atoms with van der Waals surface area (Å²) in [4.78, 5) is 12.2. The zero-order chi connectivity index (χ0) is 16.0. The molecule has 0 saturated carbocycles. The molecule has 0 saturated heterocycles. The highest BCUT2D eigenvalue weighted by Gasteiger charge is 2.16. The number of carbonyl (C=O) groups is 1. The zero-order valence-corrected chi connectivity index (χ0v) is 14.5. The van der Waals surface area contributed by atoms with E-state index >= 15 is 0 Å². The molecular weight excluding hydrogens is 296 g/mol. The molecule has 1 aromatic rings. The van der Waals surface area contributed by atoms with E-state index in [1.165, 1.54) is 5.56 Å². The molecule has 5 heteroatoms. The molecule has 1 rings (SSSR count). The Hall–Kier alpha value is -1.04. The number of aryl methyl sites for hydroxylation is 1. The maximum Gasteiger partial charge on any atom is 0.237 e. The average Bonchev–Trinajstić information content (AvgIpc) is 2.55. The highest BCUT2D eigenvalue weighted by Crippen LogP contribution is 2.03. The van der Waals surface area contributed by atoms with Crippen molar-refractivity contribution >= 4 is 17.7 Å². The van der Waals surface area contributed by atoms with Crippen molar-refractivity contribution < 1.29 is 9.53 Å². The second-order valence-corrected chi connectivity index (χ2v) is 6.04. The standard InChI is InChI=1S/C17H28N2O2S/c1-3-21-14-19-16(11-13-22-2)17(20)18-12-7-10-15-8-5-4-6-9-15/h4-6,8-9,16,19H,3,7,10-14H2,1-2H3,(H,18,20). The SMILES string of the molecule is CCOCNC(CCSC)C(=O)NCCCc1ccccc1. The van der Waals surface area contributed by atoms with Crippen LogP contribution in [0, 0.1) is 0 Å². The van der Waals surface area contributed by atoms with Crippen LogP contribution in [0.1, 0.15) is 25.3 Å². The van der Waals surface area contributed by atoms with Crippen LogP contribution in [0.5, 0.6) is 0 Å². The second kappa shape index (κ2) is 12.5. The summed E-state index contributed by atoms with van der Waals surface area (Å²) in [5.41, 5.74) is 1.31. The smallest absolute Gasteiger partial charge is 0.237 e. The Kier molecular flexibility index (Phi) is 10.8. The van der Waals surface area contributed by atoms with Crippen LogP contribution in [0.2, 0.25) is 0 Å². The number of nitrogens with one attached hydrogen (secondary N) is 2.